The number of sulfonamides is 1. The molecule has 0 bridgehead atoms. The lowest BCUT2D eigenvalue weighted by Crippen LogP contribution is -2.23. The Bertz CT molecular complexity index is 1120. The molecule has 2 N–H and O–H groups in total. The lowest BCUT2D eigenvalue weighted by molar-refractivity contribution is 0.102. The molecular weight excluding hydrogens is 454 g/mol. The summed E-state index contributed by atoms with van der Waals surface area (Å²) < 4.78 is 26.4. The van der Waals surface area contributed by atoms with Crippen LogP contribution in [0.1, 0.15) is 10.4 Å². The zero-order chi connectivity index (χ0) is 21.0. The number of anilines is 3. The zero-order valence-corrected chi connectivity index (χ0v) is 18.3. The third kappa shape index (κ3) is 5.03. The van der Waals surface area contributed by atoms with E-state index >= 15 is 0 Å². The molecule has 0 atom stereocenters. The molecule has 1 amide bonds. The van der Waals surface area contributed by atoms with Crippen LogP contribution in [0.4, 0.5) is 17.1 Å². The van der Waals surface area contributed by atoms with Crippen LogP contribution in [0.3, 0.4) is 0 Å². The Labute approximate surface area is 178 Å². The summed E-state index contributed by atoms with van der Waals surface area (Å²) in [6.07, 6.45) is 0. The van der Waals surface area contributed by atoms with Crippen molar-refractivity contribution in [1.82, 2.24) is 4.31 Å². The second-order valence-corrected chi connectivity index (χ2v) is 9.43. The lowest BCUT2D eigenvalue weighted by atomic mass is 10.2. The van der Waals surface area contributed by atoms with Crippen LogP contribution in [-0.4, -0.2) is 32.7 Å². The van der Waals surface area contributed by atoms with Gasteiger partial charge in [-0.1, -0.05) is 18.2 Å². The smallest absolute Gasteiger partial charge is 0.255 e. The lowest BCUT2D eigenvalue weighted by Gasteiger charge is -2.14. The molecule has 0 aliphatic rings. The van der Waals surface area contributed by atoms with Gasteiger partial charge < -0.3 is 10.6 Å². The Morgan fingerprint density at radius 1 is 0.862 bits per heavy atom. The van der Waals surface area contributed by atoms with Gasteiger partial charge in [-0.3, -0.25) is 4.79 Å². The van der Waals surface area contributed by atoms with E-state index in [9.17, 15) is 13.2 Å². The number of hydrogen-bond acceptors (Lipinski definition) is 4. The molecule has 0 spiro atoms. The molecule has 0 unspecified atom stereocenters. The van der Waals surface area contributed by atoms with E-state index in [4.69, 9.17) is 0 Å². The highest BCUT2D eigenvalue weighted by Crippen LogP contribution is 2.26. The van der Waals surface area contributed by atoms with Gasteiger partial charge in [0.15, 0.2) is 0 Å². The molecule has 0 aliphatic heterocycles. The number of benzene rings is 3. The van der Waals surface area contributed by atoms with Crippen LogP contribution < -0.4 is 10.6 Å². The fourth-order valence-electron chi connectivity index (χ4n) is 2.57. The maximum absolute atomic E-state index is 12.6. The molecule has 6 nitrogen and oxygen atoms in total. The Hall–Kier alpha value is -2.68. The van der Waals surface area contributed by atoms with Gasteiger partial charge >= 0.3 is 0 Å². The quantitative estimate of drug-likeness (QED) is 0.543. The van der Waals surface area contributed by atoms with Gasteiger partial charge in [0.05, 0.1) is 4.90 Å². The standard InChI is InChI=1S/C21H20BrN3O3S/c1-25(2)29(27,28)20-14-15(8-13-19(20)22)21(26)24-18-11-9-17(10-12-18)23-16-6-4-3-5-7-16/h3-14,23H,1-2H3,(H,24,26). The molecule has 0 heterocycles. The summed E-state index contributed by atoms with van der Waals surface area (Å²) in [6.45, 7) is 0. The molecule has 0 aromatic heterocycles. The Balaban J connectivity index is 1.75. The van der Waals surface area contributed by atoms with Crippen LogP contribution in [0.15, 0.2) is 82.2 Å². The van der Waals surface area contributed by atoms with Crippen LogP contribution in [0.5, 0.6) is 0 Å². The molecule has 0 aliphatic carbocycles. The molecule has 3 aromatic rings. The SMILES string of the molecule is CN(C)S(=O)(=O)c1cc(C(=O)Nc2ccc(Nc3ccccc3)cc2)ccc1Br. The minimum atomic E-state index is -3.67. The van der Waals surface area contributed by atoms with Crippen LogP contribution in [0.2, 0.25) is 0 Å². The van der Waals surface area contributed by atoms with Crippen molar-refractivity contribution in [1.29, 1.82) is 0 Å². The van der Waals surface area contributed by atoms with Crippen LogP contribution in [0, 0.1) is 0 Å². The first-order valence-electron chi connectivity index (χ1n) is 8.73. The third-order valence-corrected chi connectivity index (χ3v) is 6.97. The number of rotatable bonds is 6. The topological polar surface area (TPSA) is 78.5 Å². The molecule has 29 heavy (non-hydrogen) atoms. The van der Waals surface area contributed by atoms with Crippen molar-refractivity contribution >= 4 is 48.9 Å². The number of nitrogens with zero attached hydrogens (tertiary/aromatic N) is 1. The van der Waals surface area contributed by atoms with Gasteiger partial charge in [0.1, 0.15) is 0 Å². The first kappa shape index (κ1) is 21.0. The molecule has 0 fully saturated rings. The normalized spacial score (nSPS) is 11.3. The summed E-state index contributed by atoms with van der Waals surface area (Å²) >= 11 is 3.24. The molecule has 0 saturated carbocycles. The first-order chi connectivity index (χ1) is 13.8. The van der Waals surface area contributed by atoms with Crippen molar-refractivity contribution in [3.8, 4) is 0 Å². The third-order valence-electron chi connectivity index (χ3n) is 4.16. The van der Waals surface area contributed by atoms with Crippen molar-refractivity contribution in [3.05, 3.63) is 82.8 Å². The van der Waals surface area contributed by atoms with Gasteiger partial charge in [-0.15, -0.1) is 0 Å². The maximum Gasteiger partial charge on any atom is 0.255 e. The van der Waals surface area contributed by atoms with Gasteiger partial charge in [-0.25, -0.2) is 12.7 Å². The molecule has 8 heteroatoms. The summed E-state index contributed by atoms with van der Waals surface area (Å²) in [4.78, 5) is 12.6. The van der Waals surface area contributed by atoms with Crippen LogP contribution >= 0.6 is 15.9 Å². The first-order valence-corrected chi connectivity index (χ1v) is 11.0. The van der Waals surface area contributed by atoms with E-state index in [0.717, 1.165) is 15.7 Å². The average molecular weight is 474 g/mol. The van der Waals surface area contributed by atoms with Crippen LogP contribution in [-0.2, 0) is 10.0 Å². The number of carbonyl (C=O) groups is 1. The number of nitrogens with one attached hydrogen (secondary N) is 2. The van der Waals surface area contributed by atoms with Gasteiger partial charge in [0.2, 0.25) is 10.0 Å². The highest BCUT2D eigenvalue weighted by Gasteiger charge is 2.22. The fourth-order valence-corrected chi connectivity index (χ4v) is 4.41. The van der Waals surface area contributed by atoms with E-state index in [-0.39, 0.29) is 10.5 Å². The van der Waals surface area contributed by atoms with Crippen molar-refractivity contribution < 1.29 is 13.2 Å². The summed E-state index contributed by atoms with van der Waals surface area (Å²) in [5.41, 5.74) is 2.71. The van der Waals surface area contributed by atoms with E-state index in [1.165, 1.54) is 20.2 Å². The minimum Gasteiger partial charge on any atom is -0.356 e. The second kappa shape index (κ2) is 8.77. The molecular formula is C21H20BrN3O3S. The summed E-state index contributed by atoms with van der Waals surface area (Å²) in [7, 11) is -0.786. The number of halogens is 1. The Morgan fingerprint density at radius 3 is 2.07 bits per heavy atom. The highest BCUT2D eigenvalue weighted by molar-refractivity contribution is 9.10. The van der Waals surface area contributed by atoms with Crippen molar-refractivity contribution in [2.75, 3.05) is 24.7 Å². The van der Waals surface area contributed by atoms with E-state index in [0.29, 0.717) is 10.2 Å². The number of carbonyl (C=O) groups excluding carboxylic acids is 1. The fraction of sp³-hybridized carbons (Fsp3) is 0.0952. The largest absolute Gasteiger partial charge is 0.356 e. The second-order valence-electron chi connectivity index (χ2n) is 6.46. The number of amides is 1. The van der Waals surface area contributed by atoms with Gasteiger partial charge in [-0.2, -0.15) is 0 Å². The number of para-hydroxylation sites is 1. The summed E-state index contributed by atoms with van der Waals surface area (Å²) in [6, 6.07) is 21.5. The van der Waals surface area contributed by atoms with Gasteiger partial charge in [-0.05, 0) is 70.5 Å². The van der Waals surface area contributed by atoms with E-state index in [1.807, 2.05) is 42.5 Å². The van der Waals surface area contributed by atoms with Crippen molar-refractivity contribution in [2.45, 2.75) is 4.90 Å². The molecule has 3 aromatic carbocycles. The van der Waals surface area contributed by atoms with Gasteiger partial charge in [0, 0.05) is 41.2 Å². The predicted octanol–water partition coefficient (Wildman–Crippen LogP) is 4.70. The monoisotopic (exact) mass is 473 g/mol. The average Bonchev–Trinajstić information content (AvgIpc) is 2.70. The van der Waals surface area contributed by atoms with E-state index in [1.54, 1.807) is 24.3 Å². The molecule has 0 saturated heterocycles. The zero-order valence-electron chi connectivity index (χ0n) is 15.9. The van der Waals surface area contributed by atoms with Crippen LogP contribution in [0.25, 0.3) is 0 Å². The van der Waals surface area contributed by atoms with E-state index < -0.39 is 15.9 Å². The Kier molecular flexibility index (Phi) is 6.36. The summed E-state index contributed by atoms with van der Waals surface area (Å²) in [5.74, 6) is -0.392. The van der Waals surface area contributed by atoms with Crippen molar-refractivity contribution in [3.63, 3.8) is 0 Å². The Morgan fingerprint density at radius 2 is 1.45 bits per heavy atom. The summed E-state index contributed by atoms with van der Waals surface area (Å²) in [5, 5.41) is 6.05. The molecule has 3 rings (SSSR count). The maximum atomic E-state index is 12.6. The van der Waals surface area contributed by atoms with E-state index in [2.05, 4.69) is 26.6 Å². The van der Waals surface area contributed by atoms with Gasteiger partial charge in [0.25, 0.3) is 5.91 Å². The molecule has 0 radical (unpaired) electrons. The minimum absolute atomic E-state index is 0.0394. The number of hydrogen-bond donors (Lipinski definition) is 2. The predicted molar refractivity (Wildman–Crippen MR) is 119 cm³/mol. The highest BCUT2D eigenvalue weighted by atomic mass is 79.9. The molecule has 150 valence electrons. The van der Waals surface area contributed by atoms with Crippen molar-refractivity contribution in [2.24, 2.45) is 0 Å².